The molecule has 0 aliphatic heterocycles. The molecule has 0 aliphatic rings. The Labute approximate surface area is 141 Å². The van der Waals surface area contributed by atoms with Gasteiger partial charge in [0.25, 0.3) is 0 Å². The summed E-state index contributed by atoms with van der Waals surface area (Å²) in [6, 6.07) is 14.1. The van der Waals surface area contributed by atoms with Gasteiger partial charge in [0.2, 0.25) is 4.96 Å². The van der Waals surface area contributed by atoms with E-state index in [2.05, 4.69) is 15.3 Å². The number of fused-ring (bicyclic) bond motifs is 1. The summed E-state index contributed by atoms with van der Waals surface area (Å²) < 4.78 is 20.3. The van der Waals surface area contributed by atoms with Crippen LogP contribution in [0, 0.1) is 5.82 Å². The summed E-state index contributed by atoms with van der Waals surface area (Å²) >= 11 is 1.48. The molecule has 120 valence electrons. The minimum Gasteiger partial charge on any atom is -0.497 e. The molecule has 0 saturated carbocycles. The predicted molar refractivity (Wildman–Crippen MR) is 89.9 cm³/mol. The molecule has 0 fully saturated rings. The zero-order valence-corrected chi connectivity index (χ0v) is 13.6. The zero-order valence-electron chi connectivity index (χ0n) is 12.8. The van der Waals surface area contributed by atoms with Crippen molar-refractivity contribution in [2.75, 3.05) is 7.11 Å². The van der Waals surface area contributed by atoms with E-state index in [1.807, 2.05) is 24.3 Å². The summed E-state index contributed by atoms with van der Waals surface area (Å²) in [6.45, 7) is 0. The van der Waals surface area contributed by atoms with Crippen LogP contribution in [0.1, 0.15) is 10.6 Å². The third-order valence-electron chi connectivity index (χ3n) is 3.63. The Morgan fingerprint density at radius 3 is 2.71 bits per heavy atom. The summed E-state index contributed by atoms with van der Waals surface area (Å²) in [6.07, 6.45) is 0.695. The Hall–Kier alpha value is -2.80. The minimum absolute atomic E-state index is 0.307. The number of methoxy groups -OCH3 is 1. The molecule has 0 spiro atoms. The van der Waals surface area contributed by atoms with Crippen molar-refractivity contribution in [3.05, 3.63) is 64.9 Å². The van der Waals surface area contributed by atoms with Crippen molar-refractivity contribution in [2.45, 2.75) is 6.42 Å². The average Bonchev–Trinajstić information content (AvgIpc) is 3.15. The van der Waals surface area contributed by atoms with Gasteiger partial charge in [-0.1, -0.05) is 35.6 Å². The van der Waals surface area contributed by atoms with Crippen LogP contribution in [-0.4, -0.2) is 26.9 Å². The van der Waals surface area contributed by atoms with Crippen LogP contribution >= 0.6 is 11.3 Å². The van der Waals surface area contributed by atoms with E-state index in [0.717, 1.165) is 16.3 Å². The lowest BCUT2D eigenvalue weighted by Gasteiger charge is -2.01. The number of aromatic nitrogens is 4. The number of nitrogens with zero attached hydrogens (tertiary/aromatic N) is 4. The molecule has 0 radical (unpaired) electrons. The van der Waals surface area contributed by atoms with Crippen LogP contribution in [0.5, 0.6) is 5.75 Å². The Morgan fingerprint density at radius 2 is 1.96 bits per heavy atom. The second-order valence-electron chi connectivity index (χ2n) is 5.25. The molecule has 5 nitrogen and oxygen atoms in total. The lowest BCUT2D eigenvalue weighted by molar-refractivity contribution is 0.414. The average molecular weight is 340 g/mol. The highest BCUT2D eigenvalue weighted by atomic mass is 32.1. The van der Waals surface area contributed by atoms with Crippen LogP contribution in [0.3, 0.4) is 0 Å². The summed E-state index contributed by atoms with van der Waals surface area (Å²) in [5, 5.41) is 13.7. The molecule has 4 aromatic rings. The van der Waals surface area contributed by atoms with Crippen LogP contribution in [0.2, 0.25) is 0 Å². The normalized spacial score (nSPS) is 11.1. The van der Waals surface area contributed by atoms with Gasteiger partial charge in [-0.3, -0.25) is 0 Å². The Bertz CT molecular complexity index is 993. The van der Waals surface area contributed by atoms with Gasteiger partial charge >= 0.3 is 0 Å². The van der Waals surface area contributed by atoms with Crippen molar-refractivity contribution in [3.63, 3.8) is 0 Å². The second kappa shape index (κ2) is 6.01. The molecule has 24 heavy (non-hydrogen) atoms. The maximum absolute atomic E-state index is 13.4. The van der Waals surface area contributed by atoms with E-state index < -0.39 is 0 Å². The maximum atomic E-state index is 13.4. The first-order valence-corrected chi connectivity index (χ1v) is 8.14. The SMILES string of the molecule is COc1ccc(Cc2nn3c(-c4cccc(F)c4)nnc3s2)cc1. The molecule has 0 aliphatic carbocycles. The van der Waals surface area contributed by atoms with Gasteiger partial charge in [0.15, 0.2) is 5.82 Å². The largest absolute Gasteiger partial charge is 0.497 e. The molecule has 0 atom stereocenters. The number of ether oxygens (including phenoxy) is 1. The zero-order chi connectivity index (χ0) is 16.5. The van der Waals surface area contributed by atoms with Gasteiger partial charge in [-0.25, -0.2) is 4.39 Å². The highest BCUT2D eigenvalue weighted by molar-refractivity contribution is 7.16. The van der Waals surface area contributed by atoms with Gasteiger partial charge < -0.3 is 4.74 Å². The Balaban J connectivity index is 1.66. The number of hydrogen-bond acceptors (Lipinski definition) is 5. The number of hydrogen-bond donors (Lipinski definition) is 0. The molecule has 4 rings (SSSR count). The molecule has 2 aromatic heterocycles. The first-order chi connectivity index (χ1) is 11.7. The van der Waals surface area contributed by atoms with Crippen LogP contribution in [0.15, 0.2) is 48.5 Å². The van der Waals surface area contributed by atoms with E-state index in [1.165, 1.54) is 23.5 Å². The predicted octanol–water partition coefficient (Wildman–Crippen LogP) is 3.59. The smallest absolute Gasteiger partial charge is 0.234 e. The van der Waals surface area contributed by atoms with Gasteiger partial charge in [0.1, 0.15) is 16.6 Å². The fourth-order valence-electron chi connectivity index (χ4n) is 2.45. The minimum atomic E-state index is -0.307. The molecule has 2 heterocycles. The summed E-state index contributed by atoms with van der Waals surface area (Å²) in [7, 11) is 1.64. The van der Waals surface area contributed by atoms with E-state index in [9.17, 15) is 4.39 Å². The number of rotatable bonds is 4. The molecule has 0 bridgehead atoms. The van der Waals surface area contributed by atoms with Gasteiger partial charge in [0, 0.05) is 12.0 Å². The first kappa shape index (κ1) is 14.8. The Kier molecular flexibility index (Phi) is 3.70. The monoisotopic (exact) mass is 340 g/mol. The molecular formula is C17H13FN4OS. The lowest BCUT2D eigenvalue weighted by atomic mass is 10.1. The van der Waals surface area contributed by atoms with Crippen LogP contribution in [0.4, 0.5) is 4.39 Å². The van der Waals surface area contributed by atoms with Gasteiger partial charge in [-0.15, -0.1) is 10.2 Å². The van der Waals surface area contributed by atoms with Crippen molar-refractivity contribution in [3.8, 4) is 17.1 Å². The van der Waals surface area contributed by atoms with Crippen LogP contribution in [0.25, 0.3) is 16.3 Å². The molecule has 7 heteroatoms. The second-order valence-corrected chi connectivity index (χ2v) is 6.29. The molecule has 0 saturated heterocycles. The number of benzene rings is 2. The van der Waals surface area contributed by atoms with Crippen molar-refractivity contribution in [2.24, 2.45) is 0 Å². The first-order valence-electron chi connectivity index (χ1n) is 7.33. The van der Waals surface area contributed by atoms with E-state index in [4.69, 9.17) is 4.74 Å². The van der Waals surface area contributed by atoms with E-state index in [-0.39, 0.29) is 5.82 Å². The third-order valence-corrected chi connectivity index (χ3v) is 4.53. The maximum Gasteiger partial charge on any atom is 0.234 e. The topological polar surface area (TPSA) is 52.3 Å². The fraction of sp³-hybridized carbons (Fsp3) is 0.118. The summed E-state index contributed by atoms with van der Waals surface area (Å²) in [5.41, 5.74) is 1.79. The van der Waals surface area contributed by atoms with Crippen molar-refractivity contribution >= 4 is 16.3 Å². The van der Waals surface area contributed by atoms with Crippen molar-refractivity contribution < 1.29 is 9.13 Å². The molecule has 0 N–H and O–H groups in total. The van der Waals surface area contributed by atoms with Gasteiger partial charge in [-0.05, 0) is 29.8 Å². The van der Waals surface area contributed by atoms with E-state index in [1.54, 1.807) is 23.8 Å². The summed E-state index contributed by atoms with van der Waals surface area (Å²) in [4.78, 5) is 0.692. The fourth-order valence-corrected chi connectivity index (χ4v) is 3.32. The van der Waals surface area contributed by atoms with Crippen LogP contribution < -0.4 is 4.74 Å². The molecule has 0 amide bonds. The highest BCUT2D eigenvalue weighted by Gasteiger charge is 2.14. The van der Waals surface area contributed by atoms with Crippen molar-refractivity contribution in [1.29, 1.82) is 0 Å². The van der Waals surface area contributed by atoms with E-state index >= 15 is 0 Å². The van der Waals surface area contributed by atoms with Crippen LogP contribution in [-0.2, 0) is 6.42 Å². The molecule has 2 aromatic carbocycles. The van der Waals surface area contributed by atoms with E-state index in [0.29, 0.717) is 22.8 Å². The van der Waals surface area contributed by atoms with Gasteiger partial charge in [-0.2, -0.15) is 9.61 Å². The number of halogens is 1. The lowest BCUT2D eigenvalue weighted by Crippen LogP contribution is -1.94. The third kappa shape index (κ3) is 2.74. The molecule has 0 unspecified atom stereocenters. The Morgan fingerprint density at radius 1 is 1.12 bits per heavy atom. The highest BCUT2D eigenvalue weighted by Crippen LogP contribution is 2.24. The quantitative estimate of drug-likeness (QED) is 0.570. The summed E-state index contributed by atoms with van der Waals surface area (Å²) in [5.74, 6) is 1.06. The standard InChI is InChI=1S/C17H13FN4OS/c1-23-14-7-5-11(6-8-14)9-15-21-22-16(19-20-17(22)24-15)12-3-2-4-13(18)10-12/h2-8,10H,9H2,1H3. The van der Waals surface area contributed by atoms with Gasteiger partial charge in [0.05, 0.1) is 7.11 Å². The van der Waals surface area contributed by atoms with Crippen molar-refractivity contribution in [1.82, 2.24) is 19.8 Å². The molecular weight excluding hydrogens is 327 g/mol.